The number of methoxy groups -OCH3 is 1. The van der Waals surface area contributed by atoms with E-state index in [1.165, 1.54) is 11.8 Å². The first-order valence-electron chi connectivity index (χ1n) is 5.35. The Morgan fingerprint density at radius 2 is 2.39 bits per heavy atom. The van der Waals surface area contributed by atoms with Crippen molar-refractivity contribution < 1.29 is 13.2 Å². The second-order valence-corrected chi connectivity index (χ2v) is 6.75. The van der Waals surface area contributed by atoms with Crippen molar-refractivity contribution in [1.82, 2.24) is 9.78 Å². The van der Waals surface area contributed by atoms with E-state index in [2.05, 4.69) is 5.10 Å². The van der Waals surface area contributed by atoms with Crippen LogP contribution in [-0.4, -0.2) is 36.8 Å². The monoisotopic (exact) mass is 289 g/mol. The second kappa shape index (κ2) is 4.88. The first kappa shape index (κ1) is 13.3. The van der Waals surface area contributed by atoms with Gasteiger partial charge in [0.2, 0.25) is 0 Å². The van der Waals surface area contributed by atoms with Gasteiger partial charge in [-0.3, -0.25) is 0 Å². The lowest BCUT2D eigenvalue weighted by Gasteiger charge is -2.09. The average molecular weight is 290 g/mol. The number of ether oxygens (including phenoxy) is 1. The Morgan fingerprint density at radius 1 is 1.67 bits per heavy atom. The highest BCUT2D eigenvalue weighted by Crippen LogP contribution is 2.29. The fourth-order valence-electron chi connectivity index (χ4n) is 2.02. The zero-order chi connectivity index (χ0) is 13.3. The maximum absolute atomic E-state index is 11.4. The van der Waals surface area contributed by atoms with Gasteiger partial charge in [0.25, 0.3) is 0 Å². The van der Waals surface area contributed by atoms with Gasteiger partial charge in [0.1, 0.15) is 22.5 Å². The van der Waals surface area contributed by atoms with Crippen LogP contribution >= 0.6 is 11.6 Å². The van der Waals surface area contributed by atoms with E-state index < -0.39 is 9.84 Å². The van der Waals surface area contributed by atoms with E-state index in [-0.39, 0.29) is 34.9 Å². The highest BCUT2D eigenvalue weighted by atomic mass is 35.5. The fraction of sp³-hybridized carbons (Fsp3) is 0.600. The molecule has 0 bridgehead atoms. The predicted octanol–water partition coefficient (Wildman–Crippen LogP) is 0.914. The van der Waals surface area contributed by atoms with Crippen molar-refractivity contribution in [3.8, 4) is 6.07 Å². The van der Waals surface area contributed by atoms with Crippen molar-refractivity contribution in [2.75, 3.05) is 18.6 Å². The summed E-state index contributed by atoms with van der Waals surface area (Å²) in [5.74, 6) is 0.154. The van der Waals surface area contributed by atoms with Crippen LogP contribution in [0.5, 0.6) is 0 Å². The molecule has 1 aromatic rings. The zero-order valence-electron chi connectivity index (χ0n) is 9.76. The number of aromatic nitrogens is 2. The first-order chi connectivity index (χ1) is 8.48. The molecule has 18 heavy (non-hydrogen) atoms. The Bertz CT molecular complexity index is 603. The van der Waals surface area contributed by atoms with Crippen molar-refractivity contribution in [3.63, 3.8) is 0 Å². The third kappa shape index (κ3) is 2.36. The molecule has 0 spiro atoms. The van der Waals surface area contributed by atoms with Crippen LogP contribution in [0.3, 0.4) is 0 Å². The van der Waals surface area contributed by atoms with E-state index in [0.717, 1.165) is 0 Å². The van der Waals surface area contributed by atoms with Crippen LogP contribution in [0.4, 0.5) is 0 Å². The standard InChI is InChI=1S/C10H12ClN3O3S/c1-17-5-9-8(4-12)10(11)14(13-9)7-2-3-18(15,16)6-7/h7H,2-3,5-6H2,1H3. The molecule has 1 unspecified atom stereocenters. The molecule has 1 aliphatic rings. The minimum atomic E-state index is -3.02. The number of nitriles is 1. The summed E-state index contributed by atoms with van der Waals surface area (Å²) in [4.78, 5) is 0. The van der Waals surface area contributed by atoms with Crippen LogP contribution in [0.1, 0.15) is 23.7 Å². The molecule has 0 saturated carbocycles. The minimum absolute atomic E-state index is 0.0195. The molecule has 6 nitrogen and oxygen atoms in total. The van der Waals surface area contributed by atoms with Crippen molar-refractivity contribution in [3.05, 3.63) is 16.4 Å². The first-order valence-corrected chi connectivity index (χ1v) is 7.54. The second-order valence-electron chi connectivity index (χ2n) is 4.16. The summed E-state index contributed by atoms with van der Waals surface area (Å²) in [6, 6.07) is 1.68. The van der Waals surface area contributed by atoms with Crippen LogP contribution in [0.2, 0.25) is 5.15 Å². The highest BCUT2D eigenvalue weighted by molar-refractivity contribution is 7.91. The summed E-state index contributed by atoms with van der Waals surface area (Å²) < 4.78 is 29.2. The lowest BCUT2D eigenvalue weighted by molar-refractivity contribution is 0.180. The number of hydrogen-bond donors (Lipinski definition) is 0. The third-order valence-electron chi connectivity index (χ3n) is 2.87. The summed E-state index contributed by atoms with van der Waals surface area (Å²) in [7, 11) is -1.52. The molecular weight excluding hydrogens is 278 g/mol. The molecule has 2 heterocycles. The van der Waals surface area contributed by atoms with Gasteiger partial charge in [-0.1, -0.05) is 11.6 Å². The van der Waals surface area contributed by atoms with Crippen LogP contribution in [-0.2, 0) is 21.2 Å². The van der Waals surface area contributed by atoms with Crippen molar-refractivity contribution in [2.45, 2.75) is 19.1 Å². The van der Waals surface area contributed by atoms with Gasteiger partial charge in [0, 0.05) is 7.11 Å². The molecule has 1 aromatic heterocycles. The molecule has 1 atom stereocenters. The number of nitrogens with zero attached hydrogens (tertiary/aromatic N) is 3. The summed E-state index contributed by atoms with van der Waals surface area (Å²) in [6.45, 7) is 0.176. The Labute approximate surface area is 110 Å². The molecule has 1 saturated heterocycles. The van der Waals surface area contributed by atoms with Crippen molar-refractivity contribution in [1.29, 1.82) is 5.26 Å². The number of rotatable bonds is 3. The zero-order valence-corrected chi connectivity index (χ0v) is 11.3. The molecule has 2 rings (SSSR count). The van der Waals surface area contributed by atoms with Gasteiger partial charge in [0.15, 0.2) is 9.84 Å². The van der Waals surface area contributed by atoms with Gasteiger partial charge in [-0.25, -0.2) is 13.1 Å². The van der Waals surface area contributed by atoms with Crippen LogP contribution in [0, 0.1) is 11.3 Å². The summed E-state index contributed by atoms with van der Waals surface area (Å²) in [6.07, 6.45) is 0.473. The van der Waals surface area contributed by atoms with E-state index in [1.54, 1.807) is 0 Å². The van der Waals surface area contributed by atoms with Crippen LogP contribution in [0.25, 0.3) is 0 Å². The van der Waals surface area contributed by atoms with Crippen LogP contribution < -0.4 is 0 Å². The maximum atomic E-state index is 11.4. The van der Waals surface area contributed by atoms with E-state index in [4.69, 9.17) is 21.6 Å². The number of hydrogen-bond acceptors (Lipinski definition) is 5. The molecule has 0 radical (unpaired) electrons. The minimum Gasteiger partial charge on any atom is -0.378 e. The lowest BCUT2D eigenvalue weighted by atomic mass is 10.2. The molecule has 98 valence electrons. The van der Waals surface area contributed by atoms with Gasteiger partial charge >= 0.3 is 0 Å². The highest BCUT2D eigenvalue weighted by Gasteiger charge is 2.32. The Hall–Kier alpha value is -1.10. The quantitative estimate of drug-likeness (QED) is 0.826. The van der Waals surface area contributed by atoms with Gasteiger partial charge < -0.3 is 4.74 Å². The summed E-state index contributed by atoms with van der Waals surface area (Å²) >= 11 is 6.07. The molecule has 0 N–H and O–H groups in total. The maximum Gasteiger partial charge on any atom is 0.152 e. The normalized spacial score (nSPS) is 21.9. The number of halogens is 1. The van der Waals surface area contributed by atoms with E-state index in [1.807, 2.05) is 6.07 Å². The molecule has 0 amide bonds. The molecule has 1 fully saturated rings. The van der Waals surface area contributed by atoms with Crippen molar-refractivity contribution >= 4 is 21.4 Å². The van der Waals surface area contributed by atoms with Crippen LogP contribution in [0.15, 0.2) is 0 Å². The van der Waals surface area contributed by atoms with Crippen molar-refractivity contribution in [2.24, 2.45) is 0 Å². The SMILES string of the molecule is COCc1nn(C2CCS(=O)(=O)C2)c(Cl)c1C#N. The van der Waals surface area contributed by atoms with E-state index in [0.29, 0.717) is 12.1 Å². The summed E-state index contributed by atoms with van der Waals surface area (Å²) in [5, 5.41) is 13.4. The lowest BCUT2D eigenvalue weighted by Crippen LogP contribution is -2.13. The largest absolute Gasteiger partial charge is 0.378 e. The Balaban J connectivity index is 2.38. The molecule has 8 heteroatoms. The third-order valence-corrected chi connectivity index (χ3v) is 4.98. The molecular formula is C10H12ClN3O3S. The smallest absolute Gasteiger partial charge is 0.152 e. The van der Waals surface area contributed by atoms with Gasteiger partial charge in [-0.05, 0) is 6.42 Å². The average Bonchev–Trinajstić information content (AvgIpc) is 2.80. The predicted molar refractivity (Wildman–Crippen MR) is 65.0 cm³/mol. The fourth-order valence-corrected chi connectivity index (χ4v) is 4.04. The number of sulfone groups is 1. The molecule has 0 aliphatic carbocycles. The molecule has 1 aliphatic heterocycles. The Morgan fingerprint density at radius 3 is 2.89 bits per heavy atom. The van der Waals surface area contributed by atoms with Gasteiger partial charge in [-0.15, -0.1) is 0 Å². The Kier molecular flexibility index (Phi) is 3.61. The molecule has 0 aromatic carbocycles. The van der Waals surface area contributed by atoms with E-state index >= 15 is 0 Å². The van der Waals surface area contributed by atoms with Gasteiger partial charge in [-0.2, -0.15) is 10.4 Å². The topological polar surface area (TPSA) is 85.0 Å². The van der Waals surface area contributed by atoms with E-state index in [9.17, 15) is 8.42 Å². The van der Waals surface area contributed by atoms with Gasteiger partial charge in [0.05, 0.1) is 24.2 Å². The summed E-state index contributed by atoms with van der Waals surface area (Å²) in [5.41, 5.74) is 0.692.